The van der Waals surface area contributed by atoms with E-state index in [1.807, 2.05) is 31.2 Å². The van der Waals surface area contributed by atoms with Gasteiger partial charge in [-0.3, -0.25) is 9.69 Å². The molecule has 0 saturated carbocycles. The van der Waals surface area contributed by atoms with E-state index >= 15 is 0 Å². The van der Waals surface area contributed by atoms with Crippen molar-refractivity contribution in [3.8, 4) is 0 Å². The topological polar surface area (TPSA) is 55.0 Å². The van der Waals surface area contributed by atoms with Crippen molar-refractivity contribution >= 4 is 11.6 Å². The first-order valence-corrected chi connectivity index (χ1v) is 5.44. The largest absolute Gasteiger partial charge is 0.710 e. The number of fused-ring (bicyclic) bond motifs is 1. The Labute approximate surface area is 94.8 Å². The second kappa shape index (κ2) is 4.43. The number of amides is 1. The van der Waals surface area contributed by atoms with Crippen LogP contribution in [0.4, 0.5) is 5.69 Å². The summed E-state index contributed by atoms with van der Waals surface area (Å²) in [6, 6.07) is 7.78. The second-order valence-electron chi connectivity index (χ2n) is 4.12. The van der Waals surface area contributed by atoms with Crippen molar-refractivity contribution in [1.29, 1.82) is 0 Å². The quantitative estimate of drug-likeness (QED) is 0.701. The highest BCUT2D eigenvalue weighted by molar-refractivity contribution is 5.96. The van der Waals surface area contributed by atoms with Crippen LogP contribution in [0.15, 0.2) is 29.4 Å². The fourth-order valence-corrected chi connectivity index (χ4v) is 2.07. The maximum atomic E-state index is 12.1. The Balaban J connectivity index is 2.44. The van der Waals surface area contributed by atoms with Crippen molar-refractivity contribution < 1.29 is 4.79 Å². The third-order valence-electron chi connectivity index (χ3n) is 3.02. The second-order valence-corrected chi connectivity index (χ2v) is 4.12. The minimum atomic E-state index is -0.0193. The average Bonchev–Trinajstić information content (AvgIpc) is 2.42. The minimum Gasteiger partial charge on any atom is -0.710 e. The van der Waals surface area contributed by atoms with E-state index < -0.39 is 0 Å². The standard InChI is InChI=1S/C12H14N3O/c1-9-6-7-10-4-2-3-5-11(10)15(8-14-13)12(9)16/h2-5,9H,6-8H2,1H3/q-1. The summed E-state index contributed by atoms with van der Waals surface area (Å²) in [5, 5.41) is 3.09. The molecule has 2 rings (SSSR count). The van der Waals surface area contributed by atoms with E-state index in [9.17, 15) is 4.79 Å². The van der Waals surface area contributed by atoms with Gasteiger partial charge in [-0.1, -0.05) is 25.1 Å². The van der Waals surface area contributed by atoms with E-state index in [-0.39, 0.29) is 18.5 Å². The number of carbonyl (C=O) groups is 1. The van der Waals surface area contributed by atoms with Gasteiger partial charge in [0.2, 0.25) is 5.91 Å². The molecule has 4 nitrogen and oxygen atoms in total. The zero-order valence-corrected chi connectivity index (χ0v) is 9.26. The summed E-state index contributed by atoms with van der Waals surface area (Å²) in [6.07, 6.45) is 1.74. The molecule has 0 N–H and O–H groups in total. The number of rotatable bonds is 2. The molecule has 1 aliphatic rings. The van der Waals surface area contributed by atoms with Crippen LogP contribution >= 0.6 is 0 Å². The molecule has 1 amide bonds. The van der Waals surface area contributed by atoms with Crippen LogP contribution < -0.4 is 4.90 Å². The predicted octanol–water partition coefficient (Wildman–Crippen LogP) is 2.58. The third-order valence-corrected chi connectivity index (χ3v) is 3.02. The van der Waals surface area contributed by atoms with Gasteiger partial charge >= 0.3 is 0 Å². The molecule has 16 heavy (non-hydrogen) atoms. The van der Waals surface area contributed by atoms with E-state index in [4.69, 9.17) is 5.53 Å². The molecule has 0 fully saturated rings. The number of hydrogen-bond donors (Lipinski definition) is 0. The Morgan fingerprint density at radius 1 is 1.50 bits per heavy atom. The normalized spacial score (nSPS) is 20.2. The summed E-state index contributed by atoms with van der Waals surface area (Å²) in [5.41, 5.74) is 10.7. The van der Waals surface area contributed by atoms with Crippen molar-refractivity contribution in [2.75, 3.05) is 11.6 Å². The lowest BCUT2D eigenvalue weighted by atomic mass is 10.0. The molecule has 4 heteroatoms. The van der Waals surface area contributed by atoms with Gasteiger partial charge in [0, 0.05) is 11.6 Å². The molecule has 1 aromatic rings. The Kier molecular flexibility index (Phi) is 2.99. The van der Waals surface area contributed by atoms with E-state index in [2.05, 4.69) is 5.11 Å². The highest BCUT2D eigenvalue weighted by Gasteiger charge is 2.26. The van der Waals surface area contributed by atoms with Gasteiger partial charge in [-0.05, 0) is 24.5 Å². The number of benzene rings is 1. The number of para-hydroxylation sites is 1. The first kappa shape index (κ1) is 10.8. The lowest BCUT2D eigenvalue weighted by molar-refractivity contribution is -0.121. The van der Waals surface area contributed by atoms with Crippen molar-refractivity contribution in [2.45, 2.75) is 19.8 Å². The van der Waals surface area contributed by atoms with E-state index in [0.29, 0.717) is 0 Å². The van der Waals surface area contributed by atoms with E-state index in [1.54, 1.807) is 4.90 Å². The lowest BCUT2D eigenvalue weighted by Gasteiger charge is -2.23. The molecule has 0 spiro atoms. The molecule has 0 aliphatic carbocycles. The van der Waals surface area contributed by atoms with Gasteiger partial charge in [0.25, 0.3) is 0 Å². The molecule has 1 unspecified atom stereocenters. The first-order valence-electron chi connectivity index (χ1n) is 5.44. The minimum absolute atomic E-state index is 0.0141. The molecule has 0 bridgehead atoms. The summed E-state index contributed by atoms with van der Waals surface area (Å²) in [4.78, 5) is 13.6. The maximum Gasteiger partial charge on any atom is 0.231 e. The first-order chi connectivity index (χ1) is 7.74. The van der Waals surface area contributed by atoms with Crippen LogP contribution in [0.1, 0.15) is 18.9 Å². The molecule has 84 valence electrons. The highest BCUT2D eigenvalue weighted by Crippen LogP contribution is 2.28. The van der Waals surface area contributed by atoms with Crippen molar-refractivity contribution in [3.63, 3.8) is 0 Å². The monoisotopic (exact) mass is 216 g/mol. The number of hydrogen-bond acceptors (Lipinski definition) is 2. The Hall–Kier alpha value is -1.71. The van der Waals surface area contributed by atoms with Gasteiger partial charge in [0.1, 0.15) is 0 Å². The third kappa shape index (κ3) is 1.83. The molecule has 1 atom stereocenters. The molecule has 0 saturated heterocycles. The fraction of sp³-hybridized carbons (Fsp3) is 0.417. The molecular weight excluding hydrogens is 202 g/mol. The Bertz CT molecular complexity index is 416. The SMILES string of the molecule is CC1CCc2ccccc2N(CN=[N-])C1=O. The van der Waals surface area contributed by atoms with Crippen molar-refractivity contribution in [1.82, 2.24) is 0 Å². The van der Waals surface area contributed by atoms with Gasteiger partial charge in [-0.15, -0.1) is 0 Å². The predicted molar refractivity (Wildman–Crippen MR) is 62.1 cm³/mol. The van der Waals surface area contributed by atoms with Crippen LogP contribution in [0.3, 0.4) is 0 Å². The molecular formula is C12H14N3O-. The number of nitrogens with zero attached hydrogens (tertiary/aromatic N) is 3. The summed E-state index contributed by atoms with van der Waals surface area (Å²) in [6.45, 7) is 1.93. The summed E-state index contributed by atoms with van der Waals surface area (Å²) >= 11 is 0. The van der Waals surface area contributed by atoms with Crippen LogP contribution in [0.25, 0.3) is 5.53 Å². The van der Waals surface area contributed by atoms with Gasteiger partial charge in [0.15, 0.2) is 0 Å². The lowest BCUT2D eigenvalue weighted by Crippen LogP contribution is -2.34. The van der Waals surface area contributed by atoms with E-state index in [1.165, 1.54) is 0 Å². The van der Waals surface area contributed by atoms with Crippen LogP contribution in [0.5, 0.6) is 0 Å². The summed E-state index contributed by atoms with van der Waals surface area (Å²) in [7, 11) is 0. The summed E-state index contributed by atoms with van der Waals surface area (Å²) in [5.74, 6) is 0.0110. The molecule has 1 heterocycles. The fourth-order valence-electron chi connectivity index (χ4n) is 2.07. The zero-order valence-electron chi connectivity index (χ0n) is 9.26. The van der Waals surface area contributed by atoms with Crippen molar-refractivity contribution in [3.05, 3.63) is 35.4 Å². The number of carbonyl (C=O) groups excluding carboxylic acids is 1. The molecule has 1 aromatic carbocycles. The molecule has 1 aliphatic heterocycles. The van der Waals surface area contributed by atoms with E-state index in [0.717, 1.165) is 24.1 Å². The zero-order chi connectivity index (χ0) is 11.5. The summed E-state index contributed by atoms with van der Waals surface area (Å²) < 4.78 is 0. The van der Waals surface area contributed by atoms with Crippen LogP contribution in [0, 0.1) is 5.92 Å². The van der Waals surface area contributed by atoms with Crippen molar-refractivity contribution in [2.24, 2.45) is 11.0 Å². The molecule has 0 radical (unpaired) electrons. The van der Waals surface area contributed by atoms with Gasteiger partial charge in [-0.2, -0.15) is 0 Å². The van der Waals surface area contributed by atoms with Crippen LogP contribution in [-0.2, 0) is 11.2 Å². The number of anilines is 1. The van der Waals surface area contributed by atoms with Gasteiger partial charge in [-0.25, -0.2) is 0 Å². The van der Waals surface area contributed by atoms with Crippen LogP contribution in [0.2, 0.25) is 0 Å². The van der Waals surface area contributed by atoms with Crippen LogP contribution in [-0.4, -0.2) is 12.6 Å². The Morgan fingerprint density at radius 2 is 2.25 bits per heavy atom. The van der Waals surface area contributed by atoms with Gasteiger partial charge in [0.05, 0.1) is 6.67 Å². The average molecular weight is 216 g/mol. The molecule has 0 aromatic heterocycles. The maximum absolute atomic E-state index is 12.1. The number of aryl methyl sites for hydroxylation is 1. The Morgan fingerprint density at radius 3 is 3.00 bits per heavy atom. The van der Waals surface area contributed by atoms with Gasteiger partial charge < -0.3 is 10.6 Å². The smallest absolute Gasteiger partial charge is 0.231 e. The highest BCUT2D eigenvalue weighted by atomic mass is 16.2.